The number of nitrogens with one attached hydrogen (secondary N) is 1. The first kappa shape index (κ1) is 18.9. The summed E-state index contributed by atoms with van der Waals surface area (Å²) in [6, 6.07) is 0. The maximum atomic E-state index is 12.6. The van der Waals surface area contributed by atoms with E-state index in [9.17, 15) is 14.4 Å². The van der Waals surface area contributed by atoms with E-state index in [0.717, 1.165) is 49.2 Å². The highest BCUT2D eigenvalue weighted by Crippen LogP contribution is 2.36. The molecule has 7 heteroatoms. The summed E-state index contributed by atoms with van der Waals surface area (Å²) in [6.45, 7) is 7.05. The van der Waals surface area contributed by atoms with Crippen LogP contribution >= 0.6 is 11.3 Å². The molecule has 1 atom stereocenters. The quantitative estimate of drug-likeness (QED) is 0.799. The largest absolute Gasteiger partial charge is 0.452 e. The van der Waals surface area contributed by atoms with Crippen LogP contribution in [0.5, 0.6) is 0 Å². The highest BCUT2D eigenvalue weighted by Gasteiger charge is 2.32. The van der Waals surface area contributed by atoms with Gasteiger partial charge in [0, 0.05) is 23.9 Å². The fraction of sp³-hybridized carbons (Fsp3) is 0.632. The molecule has 0 radical (unpaired) electrons. The monoisotopic (exact) mass is 378 g/mol. The smallest absolute Gasteiger partial charge is 0.341 e. The molecule has 1 aliphatic heterocycles. The molecule has 0 aromatic carbocycles. The first-order chi connectivity index (χ1) is 12.4. The van der Waals surface area contributed by atoms with Crippen molar-refractivity contribution in [1.82, 2.24) is 4.90 Å². The van der Waals surface area contributed by atoms with Gasteiger partial charge in [0.15, 0.2) is 6.61 Å². The zero-order chi connectivity index (χ0) is 18.8. The number of thiophene rings is 1. The lowest BCUT2D eigenvalue weighted by atomic mass is 10.0. The van der Waals surface area contributed by atoms with Crippen molar-refractivity contribution in [2.45, 2.75) is 46.5 Å². The molecule has 142 valence electrons. The fourth-order valence-electron chi connectivity index (χ4n) is 3.23. The molecule has 0 bridgehead atoms. The number of carbonyl (C=O) groups is 3. The van der Waals surface area contributed by atoms with Gasteiger partial charge in [0.1, 0.15) is 5.00 Å². The number of hydrogen-bond donors (Lipinski definition) is 1. The van der Waals surface area contributed by atoms with Crippen LogP contribution in [-0.4, -0.2) is 42.4 Å². The maximum Gasteiger partial charge on any atom is 0.341 e. The van der Waals surface area contributed by atoms with E-state index in [1.165, 1.54) is 11.3 Å². The van der Waals surface area contributed by atoms with E-state index in [1.54, 1.807) is 4.90 Å². The van der Waals surface area contributed by atoms with Gasteiger partial charge in [0.25, 0.3) is 5.91 Å². The number of carbonyl (C=O) groups excluding carboxylic acids is 3. The number of piperidine rings is 1. The molecule has 1 aliphatic carbocycles. The van der Waals surface area contributed by atoms with Crippen molar-refractivity contribution in [3.05, 3.63) is 16.0 Å². The third-order valence-electron chi connectivity index (χ3n) is 5.11. The summed E-state index contributed by atoms with van der Waals surface area (Å²) < 4.78 is 5.30. The Morgan fingerprint density at radius 2 is 1.96 bits per heavy atom. The highest BCUT2D eigenvalue weighted by atomic mass is 32.1. The normalized spacial score (nSPS) is 20.0. The Kier molecular flexibility index (Phi) is 5.65. The van der Waals surface area contributed by atoms with Crippen LogP contribution < -0.4 is 5.32 Å². The third-order valence-corrected chi connectivity index (χ3v) is 6.23. The first-order valence-electron chi connectivity index (χ1n) is 9.22. The molecule has 6 nitrogen and oxygen atoms in total. The van der Waals surface area contributed by atoms with Crippen LogP contribution in [0, 0.1) is 25.7 Å². The van der Waals surface area contributed by atoms with Gasteiger partial charge in [-0.1, -0.05) is 6.92 Å². The summed E-state index contributed by atoms with van der Waals surface area (Å²) in [4.78, 5) is 39.7. The average molecular weight is 378 g/mol. The van der Waals surface area contributed by atoms with Gasteiger partial charge in [-0.15, -0.1) is 11.3 Å². The highest BCUT2D eigenvalue weighted by molar-refractivity contribution is 7.16. The summed E-state index contributed by atoms with van der Waals surface area (Å²) in [5, 5.41) is 3.38. The van der Waals surface area contributed by atoms with Crippen molar-refractivity contribution in [2.24, 2.45) is 11.8 Å². The van der Waals surface area contributed by atoms with E-state index in [2.05, 4.69) is 12.2 Å². The third kappa shape index (κ3) is 4.26. The number of anilines is 1. The number of rotatable bonds is 5. The average Bonchev–Trinajstić information content (AvgIpc) is 3.40. The lowest BCUT2D eigenvalue weighted by Gasteiger charge is -2.30. The minimum Gasteiger partial charge on any atom is -0.452 e. The Morgan fingerprint density at radius 1 is 1.23 bits per heavy atom. The van der Waals surface area contributed by atoms with Gasteiger partial charge in [0.2, 0.25) is 5.91 Å². The maximum absolute atomic E-state index is 12.6. The van der Waals surface area contributed by atoms with Gasteiger partial charge in [-0.2, -0.15) is 0 Å². The first-order valence-corrected chi connectivity index (χ1v) is 10.0. The SMILES string of the molecule is Cc1sc(NC(=O)C2CC2)c(C(=O)OCC(=O)N2CCC[C@@H](C)C2)c1C. The lowest BCUT2D eigenvalue weighted by Crippen LogP contribution is -2.41. The van der Waals surface area contributed by atoms with E-state index in [0.29, 0.717) is 16.5 Å². The van der Waals surface area contributed by atoms with Crippen LogP contribution in [0.3, 0.4) is 0 Å². The Morgan fingerprint density at radius 3 is 2.62 bits per heavy atom. The number of hydrogen-bond acceptors (Lipinski definition) is 5. The van der Waals surface area contributed by atoms with Crippen LogP contribution in [0.25, 0.3) is 0 Å². The Bertz CT molecular complexity index is 723. The molecule has 1 aromatic heterocycles. The lowest BCUT2D eigenvalue weighted by molar-refractivity contribution is -0.136. The second kappa shape index (κ2) is 7.78. The van der Waals surface area contributed by atoms with E-state index in [1.807, 2.05) is 13.8 Å². The van der Waals surface area contributed by atoms with Crippen molar-refractivity contribution in [3.8, 4) is 0 Å². The summed E-state index contributed by atoms with van der Waals surface area (Å²) in [7, 11) is 0. The van der Waals surface area contributed by atoms with E-state index >= 15 is 0 Å². The molecule has 2 amide bonds. The molecule has 2 fully saturated rings. The predicted octanol–water partition coefficient (Wildman–Crippen LogP) is 3.13. The van der Waals surface area contributed by atoms with Crippen LogP contribution in [0.2, 0.25) is 0 Å². The molecule has 3 rings (SSSR count). The van der Waals surface area contributed by atoms with Gasteiger partial charge in [-0.25, -0.2) is 4.79 Å². The molecule has 2 heterocycles. The summed E-state index contributed by atoms with van der Waals surface area (Å²) in [5.41, 5.74) is 1.17. The van der Waals surface area contributed by atoms with Crippen molar-refractivity contribution in [2.75, 3.05) is 25.0 Å². The Hall–Kier alpha value is -1.89. The number of ether oxygens (including phenoxy) is 1. The topological polar surface area (TPSA) is 75.7 Å². The summed E-state index contributed by atoms with van der Waals surface area (Å²) >= 11 is 1.38. The summed E-state index contributed by atoms with van der Waals surface area (Å²) in [5.74, 6) is -0.202. The van der Waals surface area contributed by atoms with Gasteiger partial charge in [-0.05, 0) is 51.0 Å². The fourth-order valence-corrected chi connectivity index (χ4v) is 4.28. The number of amides is 2. The van der Waals surface area contributed by atoms with Gasteiger partial charge in [0.05, 0.1) is 5.56 Å². The molecule has 2 aliphatic rings. The zero-order valence-corrected chi connectivity index (χ0v) is 16.4. The molecular weight excluding hydrogens is 352 g/mol. The van der Waals surface area contributed by atoms with Crippen molar-refractivity contribution >= 4 is 34.1 Å². The number of nitrogens with zero attached hydrogens (tertiary/aromatic N) is 1. The molecule has 1 saturated heterocycles. The van der Waals surface area contributed by atoms with Gasteiger partial charge in [-0.3, -0.25) is 9.59 Å². The van der Waals surface area contributed by atoms with Gasteiger partial charge < -0.3 is 15.0 Å². The minimum absolute atomic E-state index is 0.0429. The molecule has 0 spiro atoms. The van der Waals surface area contributed by atoms with Crippen LogP contribution in [-0.2, 0) is 14.3 Å². The Labute approximate surface area is 157 Å². The van der Waals surface area contributed by atoms with Crippen LogP contribution in [0.4, 0.5) is 5.00 Å². The van der Waals surface area contributed by atoms with E-state index in [4.69, 9.17) is 4.74 Å². The standard InChI is InChI=1S/C19H26N2O4S/c1-11-5-4-8-21(9-11)15(22)10-25-19(24)16-12(2)13(3)26-18(16)20-17(23)14-6-7-14/h11,14H,4-10H2,1-3H3,(H,20,23)/t11-/m1/s1. The van der Waals surface area contributed by atoms with E-state index < -0.39 is 5.97 Å². The van der Waals surface area contributed by atoms with Gasteiger partial charge >= 0.3 is 5.97 Å². The predicted molar refractivity (Wildman–Crippen MR) is 100 cm³/mol. The molecule has 1 saturated carbocycles. The second-order valence-electron chi connectivity index (χ2n) is 7.41. The van der Waals surface area contributed by atoms with E-state index in [-0.39, 0.29) is 24.3 Å². The number of esters is 1. The number of aryl methyl sites for hydroxylation is 1. The molecular formula is C19H26N2O4S. The molecule has 26 heavy (non-hydrogen) atoms. The van der Waals surface area contributed by atoms with Crippen molar-refractivity contribution < 1.29 is 19.1 Å². The molecule has 0 unspecified atom stereocenters. The zero-order valence-electron chi connectivity index (χ0n) is 15.6. The Balaban J connectivity index is 1.63. The van der Waals surface area contributed by atoms with Crippen molar-refractivity contribution in [1.29, 1.82) is 0 Å². The summed E-state index contributed by atoms with van der Waals surface area (Å²) in [6.07, 6.45) is 3.91. The second-order valence-corrected chi connectivity index (χ2v) is 8.64. The molecule has 1 N–H and O–H groups in total. The van der Waals surface area contributed by atoms with Crippen LogP contribution in [0.1, 0.15) is 53.4 Å². The van der Waals surface area contributed by atoms with Crippen molar-refractivity contribution in [3.63, 3.8) is 0 Å². The van der Waals surface area contributed by atoms with Crippen LogP contribution in [0.15, 0.2) is 0 Å². The molecule has 1 aromatic rings. The minimum atomic E-state index is -0.545. The number of likely N-dealkylation sites (tertiary alicyclic amines) is 1.